The lowest BCUT2D eigenvalue weighted by molar-refractivity contribution is -0.144. The van der Waals surface area contributed by atoms with Gasteiger partial charge in [-0.15, -0.1) is 0 Å². The molecule has 8 heteroatoms. The predicted octanol–water partition coefficient (Wildman–Crippen LogP) is 1.21. The van der Waals surface area contributed by atoms with Gasteiger partial charge < -0.3 is 35.2 Å². The van der Waals surface area contributed by atoms with E-state index < -0.39 is 31.0 Å². The van der Waals surface area contributed by atoms with E-state index in [1.165, 1.54) is 51.4 Å². The van der Waals surface area contributed by atoms with Gasteiger partial charge in [0.15, 0.2) is 0 Å². The fourth-order valence-corrected chi connectivity index (χ4v) is 3.21. The Bertz CT molecular complexity index is 411. The number of hydrogen-bond donors (Lipinski definition) is 5. The molecule has 30 heavy (non-hydrogen) atoms. The van der Waals surface area contributed by atoms with Gasteiger partial charge in [-0.05, 0) is 13.5 Å². The van der Waals surface area contributed by atoms with Crippen LogP contribution < -0.4 is 0 Å². The van der Waals surface area contributed by atoms with E-state index in [1.54, 1.807) is 11.9 Å². The molecule has 5 N–H and O–H groups in total. The van der Waals surface area contributed by atoms with Crippen LogP contribution in [0.25, 0.3) is 0 Å². The largest absolute Gasteiger partial charge is 0.466 e. The molecule has 0 aromatic heterocycles. The highest BCUT2D eigenvalue weighted by atomic mass is 16.5. The molecule has 0 aromatic rings. The molecule has 8 nitrogen and oxygen atoms in total. The van der Waals surface area contributed by atoms with E-state index in [-0.39, 0.29) is 18.9 Å². The highest BCUT2D eigenvalue weighted by molar-refractivity contribution is 5.69. The Hall–Kier alpha value is -0.770. The van der Waals surface area contributed by atoms with E-state index in [0.29, 0.717) is 13.2 Å². The number of likely N-dealkylation sites (N-methyl/N-ethyl adjacent to an activating group) is 1. The van der Waals surface area contributed by atoms with Gasteiger partial charge in [0.2, 0.25) is 0 Å². The standard InChI is InChI=1S/C22H45NO7/c1-3-4-5-6-7-8-9-10-11-12-15-30-20(27)13-14-23(2)16-18(25)21(28)22(29)19(26)17-24/h18-19,21-22,24-26,28-29H,3-17H2,1-2H3/t18-,19+,21+,22+/m0/s1. The summed E-state index contributed by atoms with van der Waals surface area (Å²) >= 11 is 0. The number of nitrogens with zero attached hydrogens (tertiary/aromatic N) is 1. The lowest BCUT2D eigenvalue weighted by Gasteiger charge is -2.28. The summed E-state index contributed by atoms with van der Waals surface area (Å²) in [4.78, 5) is 13.4. The molecular formula is C22H45NO7. The summed E-state index contributed by atoms with van der Waals surface area (Å²) in [7, 11) is 1.67. The topological polar surface area (TPSA) is 131 Å². The minimum absolute atomic E-state index is 0.00208. The van der Waals surface area contributed by atoms with Crippen LogP contribution in [0.5, 0.6) is 0 Å². The Kier molecular flexibility index (Phi) is 18.5. The molecular weight excluding hydrogens is 390 g/mol. The minimum atomic E-state index is -1.65. The third-order valence-corrected chi connectivity index (χ3v) is 5.28. The maximum absolute atomic E-state index is 11.8. The minimum Gasteiger partial charge on any atom is -0.466 e. The third kappa shape index (κ3) is 15.1. The number of carbonyl (C=O) groups is 1. The van der Waals surface area contributed by atoms with Crippen LogP contribution in [0.1, 0.15) is 77.6 Å². The van der Waals surface area contributed by atoms with Gasteiger partial charge in [0.1, 0.15) is 18.3 Å². The van der Waals surface area contributed by atoms with Crippen LogP contribution in [-0.2, 0) is 9.53 Å². The molecule has 0 amide bonds. The summed E-state index contributed by atoms with van der Waals surface area (Å²) in [6.07, 6.45) is 6.30. The monoisotopic (exact) mass is 435 g/mol. The van der Waals surface area contributed by atoms with Crippen LogP contribution in [0.2, 0.25) is 0 Å². The summed E-state index contributed by atoms with van der Waals surface area (Å²) in [5, 5.41) is 47.4. The second-order valence-corrected chi connectivity index (χ2v) is 8.21. The molecule has 0 rings (SSSR count). The normalized spacial score (nSPS) is 15.7. The van der Waals surface area contributed by atoms with Crippen molar-refractivity contribution in [2.45, 2.75) is 102 Å². The van der Waals surface area contributed by atoms with E-state index in [0.717, 1.165) is 12.8 Å². The molecule has 0 aliphatic rings. The molecule has 0 aliphatic carbocycles. The summed E-state index contributed by atoms with van der Waals surface area (Å²) < 4.78 is 5.22. The predicted molar refractivity (Wildman–Crippen MR) is 116 cm³/mol. The lowest BCUT2D eigenvalue weighted by atomic mass is 10.0. The lowest BCUT2D eigenvalue weighted by Crippen LogP contribution is -2.49. The van der Waals surface area contributed by atoms with Gasteiger partial charge in [0.25, 0.3) is 0 Å². The number of aliphatic hydroxyl groups excluding tert-OH is 5. The van der Waals surface area contributed by atoms with Crippen molar-refractivity contribution < 1.29 is 35.1 Å². The van der Waals surface area contributed by atoms with Gasteiger partial charge in [-0.1, -0.05) is 64.7 Å². The molecule has 0 bridgehead atoms. The highest BCUT2D eigenvalue weighted by Gasteiger charge is 2.30. The third-order valence-electron chi connectivity index (χ3n) is 5.28. The smallest absolute Gasteiger partial charge is 0.307 e. The fraction of sp³-hybridized carbons (Fsp3) is 0.955. The van der Waals surface area contributed by atoms with Crippen molar-refractivity contribution in [1.29, 1.82) is 0 Å². The zero-order valence-electron chi connectivity index (χ0n) is 18.9. The zero-order chi connectivity index (χ0) is 22.8. The maximum atomic E-state index is 11.8. The second-order valence-electron chi connectivity index (χ2n) is 8.21. The quantitative estimate of drug-likeness (QED) is 0.142. The van der Waals surface area contributed by atoms with Crippen LogP contribution in [0.3, 0.4) is 0 Å². The van der Waals surface area contributed by atoms with Crippen molar-refractivity contribution in [3.8, 4) is 0 Å². The van der Waals surface area contributed by atoms with Gasteiger partial charge in [-0.3, -0.25) is 4.79 Å². The number of rotatable bonds is 20. The Morgan fingerprint density at radius 1 is 0.833 bits per heavy atom. The molecule has 0 aliphatic heterocycles. The Morgan fingerprint density at radius 2 is 1.33 bits per heavy atom. The van der Waals surface area contributed by atoms with Crippen molar-refractivity contribution in [2.75, 3.05) is 33.4 Å². The first-order valence-electron chi connectivity index (χ1n) is 11.5. The van der Waals surface area contributed by atoms with Crippen molar-refractivity contribution in [3.05, 3.63) is 0 Å². The van der Waals surface area contributed by atoms with Gasteiger partial charge in [-0.2, -0.15) is 0 Å². The van der Waals surface area contributed by atoms with Crippen molar-refractivity contribution in [1.82, 2.24) is 4.90 Å². The van der Waals surface area contributed by atoms with E-state index >= 15 is 0 Å². The average Bonchev–Trinajstić information content (AvgIpc) is 2.74. The molecule has 0 saturated carbocycles. The highest BCUT2D eigenvalue weighted by Crippen LogP contribution is 2.11. The maximum Gasteiger partial charge on any atom is 0.307 e. The van der Waals surface area contributed by atoms with Crippen molar-refractivity contribution >= 4 is 5.97 Å². The Labute approximate surface area is 181 Å². The van der Waals surface area contributed by atoms with Crippen LogP contribution in [0, 0.1) is 0 Å². The Morgan fingerprint density at radius 3 is 1.87 bits per heavy atom. The molecule has 180 valence electrons. The summed E-state index contributed by atoms with van der Waals surface area (Å²) in [6, 6.07) is 0. The first-order chi connectivity index (χ1) is 14.3. The van der Waals surface area contributed by atoms with Gasteiger partial charge >= 0.3 is 5.97 Å². The average molecular weight is 436 g/mol. The molecule has 0 fully saturated rings. The van der Waals surface area contributed by atoms with Crippen LogP contribution in [-0.4, -0.2) is 94.2 Å². The zero-order valence-corrected chi connectivity index (χ0v) is 18.9. The number of ether oxygens (including phenoxy) is 1. The molecule has 0 spiro atoms. The first-order valence-corrected chi connectivity index (χ1v) is 11.5. The molecule has 0 saturated heterocycles. The number of hydrogen-bond acceptors (Lipinski definition) is 8. The number of aliphatic hydroxyl groups is 5. The van der Waals surface area contributed by atoms with E-state index in [4.69, 9.17) is 9.84 Å². The van der Waals surface area contributed by atoms with Crippen LogP contribution in [0.15, 0.2) is 0 Å². The van der Waals surface area contributed by atoms with Gasteiger partial charge in [0.05, 0.1) is 25.7 Å². The summed E-state index contributed by atoms with van der Waals surface area (Å²) in [6.45, 7) is 2.26. The van der Waals surface area contributed by atoms with Gasteiger partial charge in [-0.25, -0.2) is 0 Å². The molecule has 4 atom stereocenters. The number of carbonyl (C=O) groups excluding carboxylic acids is 1. The van der Waals surface area contributed by atoms with Crippen molar-refractivity contribution in [3.63, 3.8) is 0 Å². The van der Waals surface area contributed by atoms with E-state index in [9.17, 15) is 25.2 Å². The first kappa shape index (κ1) is 29.2. The Balaban J connectivity index is 3.69. The molecule has 0 aromatic carbocycles. The SMILES string of the molecule is CCCCCCCCCCCCOC(=O)CCN(C)C[C@H](O)[C@@H](O)[C@H](O)[C@H](O)CO. The van der Waals surface area contributed by atoms with Crippen LogP contribution in [0.4, 0.5) is 0 Å². The van der Waals surface area contributed by atoms with Crippen LogP contribution >= 0.6 is 0 Å². The summed E-state index contributed by atoms with van der Waals surface area (Å²) in [5.74, 6) is -0.302. The molecule has 0 heterocycles. The fourth-order valence-electron chi connectivity index (χ4n) is 3.21. The molecule has 0 radical (unpaired) electrons. The number of unbranched alkanes of at least 4 members (excludes halogenated alkanes) is 9. The second kappa shape index (κ2) is 19.0. The number of esters is 1. The van der Waals surface area contributed by atoms with Gasteiger partial charge in [0, 0.05) is 13.1 Å². The van der Waals surface area contributed by atoms with Crippen molar-refractivity contribution in [2.24, 2.45) is 0 Å². The van der Waals surface area contributed by atoms with E-state index in [2.05, 4.69) is 6.92 Å². The summed E-state index contributed by atoms with van der Waals surface area (Å²) in [5.41, 5.74) is 0. The van der Waals surface area contributed by atoms with E-state index in [1.807, 2.05) is 0 Å². The molecule has 0 unspecified atom stereocenters.